The van der Waals surface area contributed by atoms with Gasteiger partial charge < -0.3 is 4.74 Å². The molecule has 3 aliphatic carbocycles. The van der Waals surface area contributed by atoms with Gasteiger partial charge in [0.1, 0.15) is 0 Å². The molecule has 0 aliphatic heterocycles. The number of esters is 1. The highest BCUT2D eigenvalue weighted by Gasteiger charge is 2.52. The van der Waals surface area contributed by atoms with Crippen molar-refractivity contribution in [3.8, 4) is 0 Å². The fraction of sp³-hybridized carbons (Fsp3) is 0.923. The third-order valence-electron chi connectivity index (χ3n) is 4.67. The van der Waals surface area contributed by atoms with E-state index in [0.717, 1.165) is 11.8 Å². The Balaban J connectivity index is 1.82. The molecule has 0 radical (unpaired) electrons. The molecule has 0 N–H and O–H groups in total. The Hall–Kier alpha value is -0.530. The molecule has 0 aromatic heterocycles. The molecule has 86 valence electrons. The number of hydrogen-bond acceptors (Lipinski definition) is 2. The summed E-state index contributed by atoms with van der Waals surface area (Å²) < 4.78 is 5.01. The van der Waals surface area contributed by atoms with Crippen LogP contribution in [0.25, 0.3) is 0 Å². The second-order valence-corrected chi connectivity index (χ2v) is 5.80. The molecule has 3 rings (SSSR count). The Labute approximate surface area is 92.4 Å². The van der Waals surface area contributed by atoms with Gasteiger partial charge in [0.05, 0.1) is 6.61 Å². The number of rotatable bonds is 3. The normalized spacial score (nSPS) is 36.9. The summed E-state index contributed by atoms with van der Waals surface area (Å²) in [6, 6.07) is 0. The number of hydrogen-bond donors (Lipinski definition) is 0. The summed E-state index contributed by atoms with van der Waals surface area (Å²) in [5, 5.41) is 0. The summed E-state index contributed by atoms with van der Waals surface area (Å²) >= 11 is 0. The third-order valence-corrected chi connectivity index (χ3v) is 4.67. The zero-order chi connectivity index (χ0) is 11.1. The maximum absolute atomic E-state index is 11.4. The minimum atomic E-state index is 0.00149. The molecule has 0 spiro atoms. The minimum Gasteiger partial charge on any atom is -0.466 e. The molecule has 3 saturated carbocycles. The van der Waals surface area contributed by atoms with E-state index in [-0.39, 0.29) is 5.97 Å². The summed E-state index contributed by atoms with van der Waals surface area (Å²) in [6.45, 7) is 7.15. The Kier molecular flexibility index (Phi) is 2.78. The number of carbonyl (C=O) groups excluding carboxylic acids is 1. The van der Waals surface area contributed by atoms with E-state index >= 15 is 0 Å². The lowest BCUT2D eigenvalue weighted by molar-refractivity contribution is -0.148. The lowest BCUT2D eigenvalue weighted by Gasteiger charge is -2.59. The van der Waals surface area contributed by atoms with Crippen LogP contribution >= 0.6 is 0 Å². The van der Waals surface area contributed by atoms with Crippen molar-refractivity contribution in [3.05, 3.63) is 0 Å². The van der Waals surface area contributed by atoms with Crippen molar-refractivity contribution < 1.29 is 9.53 Å². The molecule has 3 fully saturated rings. The average molecular weight is 210 g/mol. The van der Waals surface area contributed by atoms with Gasteiger partial charge in [-0.15, -0.1) is 0 Å². The van der Waals surface area contributed by atoms with Crippen LogP contribution in [0.1, 0.15) is 46.5 Å². The standard InChI is InChI=1S/C13H22O2/c1-4-15-12(14)7-9-5-10-8-11(6-9)13(10,2)3/h9-11H,4-8H2,1-3H3/t9?,10-,11+. The number of carbonyl (C=O) groups is 1. The van der Waals surface area contributed by atoms with Crippen molar-refractivity contribution in [2.75, 3.05) is 6.61 Å². The van der Waals surface area contributed by atoms with E-state index < -0.39 is 0 Å². The highest BCUT2D eigenvalue weighted by molar-refractivity contribution is 5.69. The van der Waals surface area contributed by atoms with Crippen LogP contribution in [-0.2, 0) is 9.53 Å². The number of fused-ring (bicyclic) bond motifs is 2. The van der Waals surface area contributed by atoms with Crippen LogP contribution in [0, 0.1) is 23.2 Å². The van der Waals surface area contributed by atoms with Crippen molar-refractivity contribution in [2.24, 2.45) is 23.2 Å². The van der Waals surface area contributed by atoms with Crippen LogP contribution in [0.5, 0.6) is 0 Å². The molecular weight excluding hydrogens is 188 g/mol. The van der Waals surface area contributed by atoms with E-state index in [1.165, 1.54) is 19.3 Å². The number of ether oxygens (including phenoxy) is 1. The maximum atomic E-state index is 11.4. The first-order valence-corrected chi connectivity index (χ1v) is 6.19. The van der Waals surface area contributed by atoms with Gasteiger partial charge >= 0.3 is 5.97 Å². The van der Waals surface area contributed by atoms with Gasteiger partial charge in [0.25, 0.3) is 0 Å². The Bertz CT molecular complexity index is 243. The van der Waals surface area contributed by atoms with E-state index in [1.54, 1.807) is 0 Å². The monoisotopic (exact) mass is 210 g/mol. The van der Waals surface area contributed by atoms with Crippen molar-refractivity contribution in [2.45, 2.75) is 46.5 Å². The largest absolute Gasteiger partial charge is 0.466 e. The van der Waals surface area contributed by atoms with E-state index in [2.05, 4.69) is 13.8 Å². The van der Waals surface area contributed by atoms with Crippen molar-refractivity contribution in [1.82, 2.24) is 0 Å². The first kappa shape index (κ1) is 11.0. The topological polar surface area (TPSA) is 26.3 Å². The van der Waals surface area contributed by atoms with Crippen molar-refractivity contribution in [1.29, 1.82) is 0 Å². The predicted molar refractivity (Wildman–Crippen MR) is 59.4 cm³/mol. The first-order chi connectivity index (χ1) is 7.04. The van der Waals surface area contributed by atoms with Gasteiger partial charge in [-0.1, -0.05) is 13.8 Å². The fourth-order valence-electron chi connectivity index (χ4n) is 3.45. The molecule has 3 aliphatic rings. The Morgan fingerprint density at radius 1 is 1.27 bits per heavy atom. The fourth-order valence-corrected chi connectivity index (χ4v) is 3.45. The van der Waals surface area contributed by atoms with Gasteiger partial charge in [0.15, 0.2) is 0 Å². The molecule has 0 aromatic carbocycles. The maximum Gasteiger partial charge on any atom is 0.306 e. The highest BCUT2D eigenvalue weighted by Crippen LogP contribution is 2.61. The van der Waals surface area contributed by atoms with Crippen molar-refractivity contribution >= 4 is 5.97 Å². The Morgan fingerprint density at radius 2 is 1.87 bits per heavy atom. The summed E-state index contributed by atoms with van der Waals surface area (Å²) in [7, 11) is 0. The quantitative estimate of drug-likeness (QED) is 0.669. The highest BCUT2D eigenvalue weighted by atomic mass is 16.5. The van der Waals surface area contributed by atoms with Crippen LogP contribution in [0.15, 0.2) is 0 Å². The van der Waals surface area contributed by atoms with E-state index in [1.807, 2.05) is 6.92 Å². The first-order valence-electron chi connectivity index (χ1n) is 6.19. The zero-order valence-electron chi connectivity index (χ0n) is 10.1. The van der Waals surface area contributed by atoms with Crippen LogP contribution in [-0.4, -0.2) is 12.6 Å². The molecule has 2 nitrogen and oxygen atoms in total. The molecule has 1 unspecified atom stereocenters. The van der Waals surface area contributed by atoms with Gasteiger partial charge in [-0.25, -0.2) is 0 Å². The summed E-state index contributed by atoms with van der Waals surface area (Å²) in [5.41, 5.74) is 0.547. The van der Waals surface area contributed by atoms with Crippen LogP contribution in [0.3, 0.4) is 0 Å². The molecule has 0 heterocycles. The van der Waals surface area contributed by atoms with Crippen LogP contribution < -0.4 is 0 Å². The molecule has 0 amide bonds. The second kappa shape index (κ2) is 3.80. The van der Waals surface area contributed by atoms with Crippen LogP contribution in [0.4, 0.5) is 0 Å². The summed E-state index contributed by atoms with van der Waals surface area (Å²) in [5.74, 6) is 2.31. The average Bonchev–Trinajstić information content (AvgIpc) is 2.18. The molecule has 2 bridgehead atoms. The third kappa shape index (κ3) is 1.91. The van der Waals surface area contributed by atoms with Gasteiger partial charge in [-0.3, -0.25) is 4.79 Å². The minimum absolute atomic E-state index is 0.00149. The molecule has 2 heteroatoms. The lowest BCUT2D eigenvalue weighted by atomic mass is 9.46. The van der Waals surface area contributed by atoms with Gasteiger partial charge in [-0.2, -0.15) is 0 Å². The zero-order valence-corrected chi connectivity index (χ0v) is 10.1. The van der Waals surface area contributed by atoms with E-state index in [9.17, 15) is 4.79 Å². The second-order valence-electron chi connectivity index (χ2n) is 5.80. The van der Waals surface area contributed by atoms with Gasteiger partial charge in [0, 0.05) is 6.42 Å². The van der Waals surface area contributed by atoms with E-state index in [0.29, 0.717) is 24.4 Å². The lowest BCUT2D eigenvalue weighted by Crippen LogP contribution is -2.50. The molecule has 0 aromatic rings. The molecule has 0 saturated heterocycles. The van der Waals surface area contributed by atoms with E-state index in [4.69, 9.17) is 4.74 Å². The smallest absolute Gasteiger partial charge is 0.306 e. The van der Waals surface area contributed by atoms with Crippen LogP contribution in [0.2, 0.25) is 0 Å². The summed E-state index contributed by atoms with van der Waals surface area (Å²) in [4.78, 5) is 11.4. The summed E-state index contributed by atoms with van der Waals surface area (Å²) in [6.07, 6.45) is 4.52. The Morgan fingerprint density at radius 3 is 2.33 bits per heavy atom. The SMILES string of the molecule is CCOC(=O)CC1C[C@@H]2C[C@H](C1)C2(C)C. The predicted octanol–water partition coefficient (Wildman–Crippen LogP) is 3.01. The van der Waals surface area contributed by atoms with Crippen molar-refractivity contribution in [3.63, 3.8) is 0 Å². The molecular formula is C13H22O2. The van der Waals surface area contributed by atoms with Gasteiger partial charge in [0.2, 0.25) is 0 Å². The molecule has 3 atom stereocenters. The van der Waals surface area contributed by atoms with Gasteiger partial charge in [-0.05, 0) is 49.4 Å². The molecule has 15 heavy (non-hydrogen) atoms.